The average Bonchev–Trinajstić information content (AvgIpc) is 2.74. The van der Waals surface area contributed by atoms with E-state index in [1.165, 1.54) is 11.8 Å². The summed E-state index contributed by atoms with van der Waals surface area (Å²) in [5.41, 5.74) is 0. The van der Waals surface area contributed by atoms with Crippen molar-refractivity contribution in [1.29, 1.82) is 0 Å². The normalized spacial score (nSPS) is 20.9. The molecule has 0 saturated carbocycles. The lowest BCUT2D eigenvalue weighted by Crippen LogP contribution is -2.46. The molecule has 2 unspecified atom stereocenters. The molecule has 0 aromatic carbocycles. The topological polar surface area (TPSA) is 104 Å². The van der Waals surface area contributed by atoms with Crippen LogP contribution < -0.4 is 4.72 Å². The first-order valence-corrected chi connectivity index (χ1v) is 8.41. The van der Waals surface area contributed by atoms with Crippen LogP contribution in [0, 0.1) is 5.92 Å². The molecule has 0 aromatic rings. The van der Waals surface area contributed by atoms with Crippen molar-refractivity contribution in [3.8, 4) is 0 Å². The summed E-state index contributed by atoms with van der Waals surface area (Å²) in [6.07, 6.45) is 1.17. The van der Waals surface area contributed by atoms with Crippen LogP contribution >= 0.6 is 0 Å². The fraction of sp³-hybridized carbons (Fsp3) is 0.833. The van der Waals surface area contributed by atoms with Gasteiger partial charge >= 0.3 is 5.97 Å². The van der Waals surface area contributed by atoms with Crippen LogP contribution in [0.4, 0.5) is 0 Å². The van der Waals surface area contributed by atoms with E-state index in [4.69, 9.17) is 5.11 Å². The number of carbonyl (C=O) groups is 2. The van der Waals surface area contributed by atoms with Gasteiger partial charge in [0.25, 0.3) is 0 Å². The first kappa shape index (κ1) is 16.9. The maximum absolute atomic E-state index is 12.1. The summed E-state index contributed by atoms with van der Waals surface area (Å²) < 4.78 is 25.6. The van der Waals surface area contributed by atoms with Crippen molar-refractivity contribution in [3.05, 3.63) is 0 Å². The maximum atomic E-state index is 12.1. The lowest BCUT2D eigenvalue weighted by Gasteiger charge is -2.21. The molecule has 1 rings (SSSR count). The van der Waals surface area contributed by atoms with Crippen LogP contribution in [0.5, 0.6) is 0 Å². The molecule has 7 nitrogen and oxygen atoms in total. The van der Waals surface area contributed by atoms with Crippen molar-refractivity contribution in [2.75, 3.05) is 18.8 Å². The molecule has 1 aliphatic rings. The minimum atomic E-state index is -3.43. The zero-order chi connectivity index (χ0) is 15.3. The second-order valence-corrected chi connectivity index (χ2v) is 7.07. The number of likely N-dealkylation sites (tertiary alicyclic amines) is 1. The van der Waals surface area contributed by atoms with Gasteiger partial charge in [-0.15, -0.1) is 0 Å². The Morgan fingerprint density at radius 3 is 2.65 bits per heavy atom. The number of amides is 1. The minimum absolute atomic E-state index is 0.00768. The van der Waals surface area contributed by atoms with E-state index < -0.39 is 22.0 Å². The summed E-state index contributed by atoms with van der Waals surface area (Å²) in [7, 11) is -3.43. The highest BCUT2D eigenvalue weighted by Crippen LogP contribution is 2.20. The molecule has 0 spiro atoms. The van der Waals surface area contributed by atoms with Gasteiger partial charge in [0, 0.05) is 19.5 Å². The molecule has 1 saturated heterocycles. The number of nitrogens with zero attached hydrogens (tertiary/aromatic N) is 1. The fourth-order valence-corrected chi connectivity index (χ4v) is 3.66. The zero-order valence-electron chi connectivity index (χ0n) is 11.8. The number of carbonyl (C=O) groups excluding carboxylic acids is 1. The van der Waals surface area contributed by atoms with Crippen molar-refractivity contribution < 1.29 is 23.1 Å². The van der Waals surface area contributed by atoms with E-state index in [9.17, 15) is 18.0 Å². The van der Waals surface area contributed by atoms with Gasteiger partial charge in [-0.3, -0.25) is 9.59 Å². The second kappa shape index (κ2) is 7.03. The van der Waals surface area contributed by atoms with E-state index in [1.807, 2.05) is 0 Å². The number of rotatable bonds is 7. The Morgan fingerprint density at radius 2 is 2.10 bits per heavy atom. The van der Waals surface area contributed by atoms with E-state index in [-0.39, 0.29) is 24.0 Å². The minimum Gasteiger partial charge on any atom is -0.481 e. The van der Waals surface area contributed by atoms with Gasteiger partial charge in [0.15, 0.2) is 0 Å². The van der Waals surface area contributed by atoms with Gasteiger partial charge in [-0.25, -0.2) is 13.1 Å². The smallest absolute Gasteiger partial charge is 0.303 e. The lowest BCUT2D eigenvalue weighted by molar-refractivity contribution is -0.138. The molecule has 1 amide bonds. The summed E-state index contributed by atoms with van der Waals surface area (Å²) in [4.78, 5) is 24.3. The molecule has 1 heterocycles. The van der Waals surface area contributed by atoms with Crippen molar-refractivity contribution >= 4 is 21.9 Å². The fourth-order valence-electron chi connectivity index (χ4n) is 2.37. The van der Waals surface area contributed by atoms with Crippen LogP contribution in [-0.4, -0.2) is 55.2 Å². The van der Waals surface area contributed by atoms with Crippen molar-refractivity contribution in [2.45, 2.75) is 39.2 Å². The summed E-state index contributed by atoms with van der Waals surface area (Å²) >= 11 is 0. The highest BCUT2D eigenvalue weighted by atomic mass is 32.2. The largest absolute Gasteiger partial charge is 0.481 e. The monoisotopic (exact) mass is 306 g/mol. The molecule has 1 fully saturated rings. The predicted molar refractivity (Wildman–Crippen MR) is 73.6 cm³/mol. The SMILES string of the molecule is CCCS(=O)(=O)NC(C)C(=O)N1CCC(CC(=O)O)C1. The molecule has 2 atom stereocenters. The Morgan fingerprint density at radius 1 is 1.45 bits per heavy atom. The van der Waals surface area contributed by atoms with Crippen LogP contribution in [0.2, 0.25) is 0 Å². The molecule has 1 aliphatic heterocycles. The molecule has 0 radical (unpaired) electrons. The third-order valence-corrected chi connectivity index (χ3v) is 4.92. The molecule has 2 N–H and O–H groups in total. The highest BCUT2D eigenvalue weighted by Gasteiger charge is 2.31. The Hall–Kier alpha value is -1.15. The zero-order valence-corrected chi connectivity index (χ0v) is 12.6. The van der Waals surface area contributed by atoms with Gasteiger partial charge in [0.2, 0.25) is 15.9 Å². The number of hydrogen-bond donors (Lipinski definition) is 2. The van der Waals surface area contributed by atoms with Gasteiger partial charge < -0.3 is 10.0 Å². The molecule has 20 heavy (non-hydrogen) atoms. The molecule has 8 heteroatoms. The first-order valence-electron chi connectivity index (χ1n) is 6.75. The van der Waals surface area contributed by atoms with Crippen LogP contribution in [0.3, 0.4) is 0 Å². The summed E-state index contributed by atoms with van der Waals surface area (Å²) in [6.45, 7) is 4.13. The van der Waals surface area contributed by atoms with Gasteiger partial charge in [-0.2, -0.15) is 0 Å². The number of aliphatic carboxylic acids is 1. The van der Waals surface area contributed by atoms with Crippen LogP contribution in [0.1, 0.15) is 33.1 Å². The molecule has 116 valence electrons. The quantitative estimate of drug-likeness (QED) is 0.690. The molecule has 0 aromatic heterocycles. The number of carboxylic acid groups (broad SMARTS) is 1. The molecular formula is C12H22N2O5S. The third kappa shape index (κ3) is 5.09. The Balaban J connectivity index is 2.52. The third-order valence-electron chi connectivity index (χ3n) is 3.26. The second-order valence-electron chi connectivity index (χ2n) is 5.20. The van der Waals surface area contributed by atoms with Gasteiger partial charge in [-0.05, 0) is 25.7 Å². The van der Waals surface area contributed by atoms with E-state index in [2.05, 4.69) is 4.72 Å². The summed E-state index contributed by atoms with van der Waals surface area (Å²) in [6, 6.07) is -0.810. The van der Waals surface area contributed by atoms with Crippen LogP contribution in [-0.2, 0) is 19.6 Å². The van der Waals surface area contributed by atoms with E-state index in [0.717, 1.165) is 0 Å². The number of sulfonamides is 1. The van der Waals surface area contributed by atoms with Crippen LogP contribution in [0.25, 0.3) is 0 Å². The van der Waals surface area contributed by atoms with Crippen molar-refractivity contribution in [3.63, 3.8) is 0 Å². The van der Waals surface area contributed by atoms with Gasteiger partial charge in [0.05, 0.1) is 11.8 Å². The van der Waals surface area contributed by atoms with Crippen LogP contribution in [0.15, 0.2) is 0 Å². The van der Waals surface area contributed by atoms with Gasteiger partial charge in [-0.1, -0.05) is 6.92 Å². The van der Waals surface area contributed by atoms with E-state index in [0.29, 0.717) is 25.9 Å². The van der Waals surface area contributed by atoms with E-state index in [1.54, 1.807) is 6.92 Å². The van der Waals surface area contributed by atoms with E-state index >= 15 is 0 Å². The van der Waals surface area contributed by atoms with Crippen molar-refractivity contribution in [2.24, 2.45) is 5.92 Å². The molecular weight excluding hydrogens is 284 g/mol. The predicted octanol–water partition coefficient (Wildman–Crippen LogP) is 0.0275. The Kier molecular flexibility index (Phi) is 5.94. The number of nitrogens with one attached hydrogen (secondary N) is 1. The first-order chi connectivity index (χ1) is 9.25. The summed E-state index contributed by atoms with van der Waals surface area (Å²) in [5, 5.41) is 8.72. The summed E-state index contributed by atoms with van der Waals surface area (Å²) in [5.74, 6) is -1.22. The molecule has 0 aliphatic carbocycles. The lowest BCUT2D eigenvalue weighted by atomic mass is 10.1. The van der Waals surface area contributed by atoms with Crippen molar-refractivity contribution in [1.82, 2.24) is 9.62 Å². The van der Waals surface area contributed by atoms with Gasteiger partial charge in [0.1, 0.15) is 0 Å². The number of carboxylic acids is 1. The Bertz CT molecular complexity index is 462. The highest BCUT2D eigenvalue weighted by molar-refractivity contribution is 7.89. The Labute approximate surface area is 119 Å². The maximum Gasteiger partial charge on any atom is 0.303 e. The standard InChI is InChI=1S/C12H22N2O5S/c1-3-6-20(18,19)13-9(2)12(17)14-5-4-10(8-14)7-11(15)16/h9-10,13H,3-8H2,1-2H3,(H,15,16). The average molecular weight is 306 g/mol. The number of hydrogen-bond acceptors (Lipinski definition) is 4. The molecule has 0 bridgehead atoms.